The van der Waals surface area contributed by atoms with Crippen LogP contribution in [0.2, 0.25) is 0 Å². The quantitative estimate of drug-likeness (QED) is 0.539. The van der Waals surface area contributed by atoms with Crippen LogP contribution in [0.4, 0.5) is 0 Å². The van der Waals surface area contributed by atoms with E-state index in [1.54, 1.807) is 4.90 Å². The van der Waals surface area contributed by atoms with Crippen LogP contribution in [-0.2, 0) is 0 Å². The predicted molar refractivity (Wildman–Crippen MR) is 65.2 cm³/mol. The fourth-order valence-corrected chi connectivity index (χ4v) is 1.42. The second kappa shape index (κ2) is 7.09. The molecule has 0 spiro atoms. The molecule has 0 atom stereocenters. The highest BCUT2D eigenvalue weighted by Gasteiger charge is 2.16. The lowest BCUT2D eigenvalue weighted by Crippen LogP contribution is -2.49. The molecule has 0 unspecified atom stereocenters. The molecule has 0 saturated carbocycles. The molecule has 0 aromatic carbocycles. The highest BCUT2D eigenvalue weighted by Crippen LogP contribution is 1.99. The summed E-state index contributed by atoms with van der Waals surface area (Å²) in [5, 5.41) is 7.50. The number of hydrogen-bond donors (Lipinski definition) is 2. The fourth-order valence-electron chi connectivity index (χ4n) is 1.42. The molecule has 5 nitrogen and oxygen atoms in total. The highest BCUT2D eigenvalue weighted by molar-refractivity contribution is 5.96. The van der Waals surface area contributed by atoms with Gasteiger partial charge in [-0.25, -0.2) is 0 Å². The van der Waals surface area contributed by atoms with Crippen molar-refractivity contribution in [1.29, 1.82) is 5.41 Å². The first-order valence-electron chi connectivity index (χ1n) is 5.53. The first kappa shape index (κ1) is 13.7. The van der Waals surface area contributed by atoms with Gasteiger partial charge in [-0.2, -0.15) is 0 Å². The number of nitrogens with zero attached hydrogens (tertiary/aromatic N) is 3. The summed E-state index contributed by atoms with van der Waals surface area (Å²) in [6, 6.07) is 0. The highest BCUT2D eigenvalue weighted by atomic mass is 15.4. The normalized spacial score (nSPS) is 11.3. The van der Waals surface area contributed by atoms with E-state index in [-0.39, 0.29) is 5.96 Å². The van der Waals surface area contributed by atoms with Crippen LogP contribution in [0.3, 0.4) is 0 Å². The molecule has 0 aliphatic rings. The SMILES string of the molecule is CCN=C(N(CC)CC)N(CC)C(=N)N. The zero-order chi connectivity index (χ0) is 11.8. The summed E-state index contributed by atoms with van der Waals surface area (Å²) in [6.45, 7) is 11.2. The maximum atomic E-state index is 7.50. The van der Waals surface area contributed by atoms with Gasteiger partial charge in [-0.3, -0.25) is 15.3 Å². The van der Waals surface area contributed by atoms with Crippen LogP contribution >= 0.6 is 0 Å². The smallest absolute Gasteiger partial charge is 0.203 e. The van der Waals surface area contributed by atoms with E-state index >= 15 is 0 Å². The van der Waals surface area contributed by atoms with Gasteiger partial charge < -0.3 is 10.6 Å². The Balaban J connectivity index is 4.92. The Kier molecular flexibility index (Phi) is 6.49. The van der Waals surface area contributed by atoms with Crippen molar-refractivity contribution in [1.82, 2.24) is 9.80 Å². The van der Waals surface area contributed by atoms with Crippen molar-refractivity contribution in [2.45, 2.75) is 27.7 Å². The maximum Gasteiger partial charge on any atom is 0.203 e. The molecule has 88 valence electrons. The molecule has 0 aliphatic carbocycles. The van der Waals surface area contributed by atoms with E-state index in [1.807, 2.05) is 13.8 Å². The van der Waals surface area contributed by atoms with Crippen LogP contribution in [0.15, 0.2) is 4.99 Å². The van der Waals surface area contributed by atoms with Crippen LogP contribution in [0.25, 0.3) is 0 Å². The molecule has 15 heavy (non-hydrogen) atoms. The Morgan fingerprint density at radius 2 is 1.67 bits per heavy atom. The first-order valence-corrected chi connectivity index (χ1v) is 5.53. The zero-order valence-electron chi connectivity index (χ0n) is 10.2. The van der Waals surface area contributed by atoms with Gasteiger partial charge >= 0.3 is 0 Å². The summed E-state index contributed by atoms with van der Waals surface area (Å²) in [5.41, 5.74) is 5.53. The number of hydrogen-bond acceptors (Lipinski definition) is 2. The van der Waals surface area contributed by atoms with Gasteiger partial charge in [0.25, 0.3) is 0 Å². The molecule has 0 aromatic rings. The minimum atomic E-state index is 0.0524. The molecule has 0 saturated heterocycles. The van der Waals surface area contributed by atoms with Crippen LogP contribution in [0, 0.1) is 5.41 Å². The lowest BCUT2D eigenvalue weighted by Gasteiger charge is -2.31. The van der Waals surface area contributed by atoms with Crippen molar-refractivity contribution >= 4 is 11.9 Å². The largest absolute Gasteiger partial charge is 0.370 e. The Labute approximate surface area is 92.5 Å². The summed E-state index contributed by atoms with van der Waals surface area (Å²) < 4.78 is 0. The molecule has 0 rings (SSSR count). The number of rotatable bonds is 4. The lowest BCUT2D eigenvalue weighted by molar-refractivity contribution is 0.403. The van der Waals surface area contributed by atoms with Crippen LogP contribution < -0.4 is 5.73 Å². The topological polar surface area (TPSA) is 68.7 Å². The molecule has 0 aliphatic heterocycles. The summed E-state index contributed by atoms with van der Waals surface area (Å²) in [6.07, 6.45) is 0. The first-order chi connectivity index (χ1) is 7.12. The minimum Gasteiger partial charge on any atom is -0.370 e. The third-order valence-corrected chi connectivity index (χ3v) is 2.19. The maximum absolute atomic E-state index is 7.50. The van der Waals surface area contributed by atoms with Gasteiger partial charge in [-0.15, -0.1) is 0 Å². The van der Waals surface area contributed by atoms with Gasteiger partial charge in [-0.05, 0) is 27.7 Å². The zero-order valence-corrected chi connectivity index (χ0v) is 10.2. The van der Waals surface area contributed by atoms with Gasteiger partial charge in [0.15, 0.2) is 5.96 Å². The predicted octanol–water partition coefficient (Wildman–Crippen LogP) is 0.919. The average Bonchev–Trinajstić information content (AvgIpc) is 2.20. The van der Waals surface area contributed by atoms with Crippen LogP contribution in [0.5, 0.6) is 0 Å². The third-order valence-electron chi connectivity index (χ3n) is 2.19. The molecule has 0 heterocycles. The van der Waals surface area contributed by atoms with E-state index in [1.165, 1.54) is 0 Å². The van der Waals surface area contributed by atoms with Gasteiger partial charge in [-0.1, -0.05) is 0 Å². The number of aliphatic imine (C=N–C) groups is 1. The van der Waals surface area contributed by atoms with Crippen molar-refractivity contribution in [2.75, 3.05) is 26.2 Å². The Bertz CT molecular complexity index is 220. The molecule has 0 aromatic heterocycles. The Hall–Kier alpha value is -1.26. The molecule has 0 radical (unpaired) electrons. The van der Waals surface area contributed by atoms with Gasteiger partial charge in [0.05, 0.1) is 0 Å². The van der Waals surface area contributed by atoms with E-state index in [0.29, 0.717) is 13.1 Å². The standard InChI is InChI=1S/C10H23N5/c1-5-13-10(14(6-2)7-3)15(8-4)9(11)12/h5-8H2,1-4H3,(H3,11,12). The lowest BCUT2D eigenvalue weighted by atomic mass is 10.5. The van der Waals surface area contributed by atoms with E-state index in [0.717, 1.165) is 19.0 Å². The van der Waals surface area contributed by atoms with Crippen molar-refractivity contribution in [3.63, 3.8) is 0 Å². The number of nitrogens with two attached hydrogens (primary N) is 1. The molecular formula is C10H23N5. The molecule has 5 heteroatoms. The van der Waals surface area contributed by atoms with E-state index < -0.39 is 0 Å². The van der Waals surface area contributed by atoms with Crippen molar-refractivity contribution < 1.29 is 0 Å². The summed E-state index contributed by atoms with van der Waals surface area (Å²) in [7, 11) is 0. The van der Waals surface area contributed by atoms with Gasteiger partial charge in [0, 0.05) is 26.2 Å². The van der Waals surface area contributed by atoms with E-state index in [2.05, 4.69) is 23.7 Å². The molecule has 0 bridgehead atoms. The Morgan fingerprint density at radius 1 is 1.13 bits per heavy atom. The van der Waals surface area contributed by atoms with Crippen LogP contribution in [-0.4, -0.2) is 47.9 Å². The summed E-state index contributed by atoms with van der Waals surface area (Å²) in [4.78, 5) is 8.23. The van der Waals surface area contributed by atoms with Crippen molar-refractivity contribution in [3.05, 3.63) is 0 Å². The van der Waals surface area contributed by atoms with Crippen molar-refractivity contribution in [2.24, 2.45) is 10.7 Å². The van der Waals surface area contributed by atoms with Crippen LogP contribution in [0.1, 0.15) is 27.7 Å². The molecular weight excluding hydrogens is 190 g/mol. The molecule has 0 amide bonds. The number of guanidine groups is 2. The third kappa shape index (κ3) is 3.77. The van der Waals surface area contributed by atoms with Gasteiger partial charge in [0.2, 0.25) is 5.96 Å². The average molecular weight is 213 g/mol. The second-order valence-electron chi connectivity index (χ2n) is 3.08. The fraction of sp³-hybridized carbons (Fsp3) is 0.800. The Morgan fingerprint density at radius 3 is 1.93 bits per heavy atom. The molecule has 0 fully saturated rings. The second-order valence-corrected chi connectivity index (χ2v) is 3.08. The molecule has 3 N–H and O–H groups in total. The van der Waals surface area contributed by atoms with E-state index in [9.17, 15) is 0 Å². The number of nitrogens with one attached hydrogen (secondary N) is 1. The van der Waals surface area contributed by atoms with Crippen molar-refractivity contribution in [3.8, 4) is 0 Å². The van der Waals surface area contributed by atoms with Gasteiger partial charge in [0.1, 0.15) is 0 Å². The summed E-state index contributed by atoms with van der Waals surface area (Å²) >= 11 is 0. The van der Waals surface area contributed by atoms with E-state index in [4.69, 9.17) is 11.1 Å². The summed E-state index contributed by atoms with van der Waals surface area (Å²) in [5.74, 6) is 0.856. The minimum absolute atomic E-state index is 0.0524. The monoisotopic (exact) mass is 213 g/mol.